The molecule has 0 spiro atoms. The first kappa shape index (κ1) is 16.4. The Morgan fingerprint density at radius 1 is 0.963 bits per heavy atom. The van der Waals surface area contributed by atoms with Crippen LogP contribution in [0, 0.1) is 0 Å². The first-order valence-electron chi connectivity index (χ1n) is 7.75. The summed E-state index contributed by atoms with van der Waals surface area (Å²) in [6, 6.07) is 13.0. The molecule has 8 nitrogen and oxygen atoms in total. The summed E-state index contributed by atoms with van der Waals surface area (Å²) in [4.78, 5) is 0. The Hall–Kier alpha value is -2.82. The van der Waals surface area contributed by atoms with Gasteiger partial charge in [-0.25, -0.2) is 0 Å². The van der Waals surface area contributed by atoms with E-state index in [1.54, 1.807) is 32.7 Å². The fourth-order valence-electron chi connectivity index (χ4n) is 2.48. The Labute approximate surface area is 165 Å². The minimum absolute atomic E-state index is 0.592. The third-order valence-corrected chi connectivity index (χ3v) is 5.52. The number of tetrazole rings is 1. The van der Waals surface area contributed by atoms with E-state index >= 15 is 0 Å². The highest BCUT2D eigenvalue weighted by molar-refractivity contribution is 7.99. The van der Waals surface area contributed by atoms with Crippen LogP contribution in [0.3, 0.4) is 0 Å². The van der Waals surface area contributed by atoms with Crippen LogP contribution in [0.4, 0.5) is 0 Å². The molecule has 4 heterocycles. The lowest BCUT2D eigenvalue weighted by atomic mass is 10.3. The zero-order valence-corrected chi connectivity index (χ0v) is 15.9. The van der Waals surface area contributed by atoms with E-state index in [0.29, 0.717) is 21.7 Å². The molecule has 0 unspecified atom stereocenters. The Morgan fingerprint density at radius 3 is 2.67 bits per heavy atom. The Morgan fingerprint density at radius 2 is 1.85 bits per heavy atom. The molecule has 0 N–H and O–H groups in total. The maximum Gasteiger partial charge on any atom is 0.220 e. The average Bonchev–Trinajstić information content (AvgIpc) is 3.42. The Balaban J connectivity index is 1.52. The number of fused-ring (bicyclic) bond motifs is 1. The minimum Gasteiger partial charge on any atom is -0.192 e. The third-order valence-electron chi connectivity index (χ3n) is 3.73. The van der Waals surface area contributed by atoms with E-state index in [-0.39, 0.29) is 0 Å². The van der Waals surface area contributed by atoms with Crippen molar-refractivity contribution in [2.45, 2.75) is 10.2 Å². The van der Waals surface area contributed by atoms with Crippen molar-refractivity contribution in [3.63, 3.8) is 0 Å². The molecule has 5 rings (SSSR count). The summed E-state index contributed by atoms with van der Waals surface area (Å²) in [5, 5.41) is 31.0. The molecule has 11 heteroatoms. The van der Waals surface area contributed by atoms with Gasteiger partial charge in [-0.15, -0.1) is 15.3 Å². The number of benzene rings is 1. The van der Waals surface area contributed by atoms with Crippen LogP contribution in [0.15, 0.2) is 63.4 Å². The molecular formula is C16H9ClN8S2. The summed E-state index contributed by atoms with van der Waals surface area (Å²) in [5.41, 5.74) is 2.47. The average molecular weight is 413 g/mol. The molecule has 1 aromatic carbocycles. The van der Waals surface area contributed by atoms with Gasteiger partial charge in [-0.1, -0.05) is 11.6 Å². The van der Waals surface area contributed by atoms with Crippen LogP contribution in [0.5, 0.6) is 0 Å². The highest BCUT2D eigenvalue weighted by Gasteiger charge is 2.14. The molecule has 0 aliphatic carbocycles. The molecule has 0 fully saturated rings. The largest absolute Gasteiger partial charge is 0.220 e. The topological polar surface area (TPSA) is 86.7 Å². The van der Waals surface area contributed by atoms with Crippen LogP contribution >= 0.6 is 34.7 Å². The predicted molar refractivity (Wildman–Crippen MR) is 102 cm³/mol. The summed E-state index contributed by atoms with van der Waals surface area (Å²) < 4.78 is 3.36. The third kappa shape index (κ3) is 3.07. The number of hydrogen-bond acceptors (Lipinski definition) is 8. The van der Waals surface area contributed by atoms with Gasteiger partial charge < -0.3 is 0 Å². The number of aromatic nitrogens is 8. The number of nitrogens with zero attached hydrogens (tertiary/aromatic N) is 8. The van der Waals surface area contributed by atoms with Crippen LogP contribution in [0.1, 0.15) is 0 Å². The minimum atomic E-state index is 0.592. The zero-order chi connectivity index (χ0) is 18.2. The van der Waals surface area contributed by atoms with Crippen LogP contribution in [0.25, 0.3) is 22.7 Å². The van der Waals surface area contributed by atoms with Crippen molar-refractivity contribution < 1.29 is 0 Å². The molecule has 0 aliphatic rings. The smallest absolute Gasteiger partial charge is 0.192 e. The number of thiophene rings is 1. The first-order chi connectivity index (χ1) is 13.3. The van der Waals surface area contributed by atoms with Gasteiger partial charge >= 0.3 is 0 Å². The van der Waals surface area contributed by atoms with Gasteiger partial charge in [0.1, 0.15) is 5.03 Å². The highest BCUT2D eigenvalue weighted by atomic mass is 35.5. The molecule has 0 bridgehead atoms. The van der Waals surface area contributed by atoms with Crippen molar-refractivity contribution in [3.8, 4) is 17.1 Å². The van der Waals surface area contributed by atoms with Gasteiger partial charge in [0.25, 0.3) is 0 Å². The van der Waals surface area contributed by atoms with E-state index in [1.807, 2.05) is 41.1 Å². The van der Waals surface area contributed by atoms with Gasteiger partial charge in [-0.3, -0.25) is 0 Å². The second-order valence-electron chi connectivity index (χ2n) is 5.43. The van der Waals surface area contributed by atoms with Gasteiger partial charge in [0, 0.05) is 16.0 Å². The van der Waals surface area contributed by atoms with Crippen molar-refractivity contribution in [3.05, 3.63) is 58.2 Å². The maximum atomic E-state index is 5.95. The molecule has 0 radical (unpaired) electrons. The number of hydrogen-bond donors (Lipinski definition) is 0. The fourth-order valence-corrected chi connectivity index (χ4v) is 3.99. The van der Waals surface area contributed by atoms with Crippen LogP contribution < -0.4 is 0 Å². The quantitative estimate of drug-likeness (QED) is 0.445. The summed E-state index contributed by atoms with van der Waals surface area (Å²) >= 11 is 8.91. The van der Waals surface area contributed by atoms with Gasteiger partial charge in [-0.2, -0.15) is 25.6 Å². The van der Waals surface area contributed by atoms with Crippen molar-refractivity contribution >= 4 is 40.3 Å². The fraction of sp³-hybridized carbons (Fsp3) is 0. The monoisotopic (exact) mass is 412 g/mol. The highest BCUT2D eigenvalue weighted by Crippen LogP contribution is 2.27. The summed E-state index contributed by atoms with van der Waals surface area (Å²) in [7, 11) is 0. The summed E-state index contributed by atoms with van der Waals surface area (Å²) in [5.74, 6) is 0.700. The Bertz CT molecular complexity index is 1210. The van der Waals surface area contributed by atoms with Crippen molar-refractivity contribution in [1.82, 2.24) is 40.0 Å². The second kappa shape index (κ2) is 6.72. The standard InChI is InChI=1S/C16H9ClN8S2/c17-11-1-3-12(4-2-11)24-16(20-22-23-24)27-14-6-5-13-18-19-15(25(13)21-14)10-7-8-26-9-10/h1-9H. The van der Waals surface area contributed by atoms with Crippen LogP contribution in [-0.2, 0) is 0 Å². The molecule has 0 saturated heterocycles. The van der Waals surface area contributed by atoms with Gasteiger partial charge in [0.05, 0.1) is 5.69 Å². The van der Waals surface area contributed by atoms with E-state index in [4.69, 9.17) is 11.6 Å². The number of halogens is 1. The summed E-state index contributed by atoms with van der Waals surface area (Å²) in [6.45, 7) is 0. The van der Waals surface area contributed by atoms with E-state index in [1.165, 1.54) is 11.8 Å². The molecule has 27 heavy (non-hydrogen) atoms. The van der Waals surface area contributed by atoms with Gasteiger partial charge in [-0.05, 0) is 70.0 Å². The molecule has 0 saturated carbocycles. The Kier molecular flexibility index (Phi) is 4.07. The maximum absolute atomic E-state index is 5.95. The predicted octanol–water partition coefficient (Wildman–Crippen LogP) is 3.63. The molecule has 0 aliphatic heterocycles. The lowest BCUT2D eigenvalue weighted by Crippen LogP contribution is -2.00. The lowest BCUT2D eigenvalue weighted by Gasteiger charge is -2.04. The molecular weight excluding hydrogens is 404 g/mol. The molecule has 4 aromatic heterocycles. The van der Waals surface area contributed by atoms with E-state index < -0.39 is 0 Å². The summed E-state index contributed by atoms with van der Waals surface area (Å²) in [6.07, 6.45) is 0. The van der Waals surface area contributed by atoms with E-state index in [2.05, 4.69) is 30.8 Å². The molecule has 0 atom stereocenters. The normalized spacial score (nSPS) is 11.3. The molecule has 132 valence electrons. The van der Waals surface area contributed by atoms with Crippen molar-refractivity contribution in [2.75, 3.05) is 0 Å². The van der Waals surface area contributed by atoms with Crippen LogP contribution in [-0.4, -0.2) is 40.0 Å². The van der Waals surface area contributed by atoms with E-state index in [0.717, 1.165) is 16.3 Å². The first-order valence-corrected chi connectivity index (χ1v) is 9.89. The van der Waals surface area contributed by atoms with Gasteiger partial charge in [0.2, 0.25) is 5.16 Å². The van der Waals surface area contributed by atoms with Gasteiger partial charge in [0.15, 0.2) is 11.5 Å². The van der Waals surface area contributed by atoms with Crippen molar-refractivity contribution in [1.29, 1.82) is 0 Å². The molecule has 5 aromatic rings. The molecule has 0 amide bonds. The second-order valence-corrected chi connectivity index (χ2v) is 7.63. The van der Waals surface area contributed by atoms with E-state index in [9.17, 15) is 0 Å². The zero-order valence-electron chi connectivity index (χ0n) is 13.5. The SMILES string of the molecule is Clc1ccc(-n2nnnc2Sc2ccc3nnc(-c4ccsc4)n3n2)cc1. The van der Waals surface area contributed by atoms with Crippen LogP contribution in [0.2, 0.25) is 5.02 Å². The number of rotatable bonds is 4. The lowest BCUT2D eigenvalue weighted by molar-refractivity contribution is 0.754. The van der Waals surface area contributed by atoms with Crippen molar-refractivity contribution in [2.24, 2.45) is 0 Å².